The monoisotopic (exact) mass is 256 g/mol. The summed E-state index contributed by atoms with van der Waals surface area (Å²) in [6.45, 7) is 6.30. The van der Waals surface area contributed by atoms with Gasteiger partial charge in [0, 0.05) is 23.0 Å². The molecule has 0 aromatic heterocycles. The third kappa shape index (κ3) is 4.17. The molecule has 0 bridgehead atoms. The largest absolute Gasteiger partial charge is 0.399 e. The van der Waals surface area contributed by atoms with Crippen molar-refractivity contribution in [2.75, 3.05) is 11.1 Å². The summed E-state index contributed by atoms with van der Waals surface area (Å²) in [5.74, 6) is 0.580. The molecule has 0 amide bonds. The van der Waals surface area contributed by atoms with E-state index in [1.54, 1.807) is 12.1 Å². The van der Waals surface area contributed by atoms with Crippen LogP contribution in [0, 0.1) is 5.92 Å². The Balaban J connectivity index is 2.77. The minimum absolute atomic E-state index is 0.0222. The Kier molecular flexibility index (Phi) is 5.38. The highest BCUT2D eigenvalue weighted by atomic mass is 19.3. The van der Waals surface area contributed by atoms with Gasteiger partial charge in [-0.1, -0.05) is 20.3 Å². The van der Waals surface area contributed by atoms with Gasteiger partial charge in [0.25, 0.3) is 6.43 Å². The van der Waals surface area contributed by atoms with Gasteiger partial charge in [0.2, 0.25) is 0 Å². The molecule has 18 heavy (non-hydrogen) atoms. The van der Waals surface area contributed by atoms with Crippen LogP contribution in [-0.4, -0.2) is 6.04 Å². The van der Waals surface area contributed by atoms with E-state index in [9.17, 15) is 8.78 Å². The number of hydrogen-bond donors (Lipinski definition) is 2. The lowest BCUT2D eigenvalue weighted by Gasteiger charge is -2.20. The zero-order valence-electron chi connectivity index (χ0n) is 11.2. The summed E-state index contributed by atoms with van der Waals surface area (Å²) >= 11 is 0. The Morgan fingerprint density at radius 2 is 1.94 bits per heavy atom. The molecular weight excluding hydrogens is 234 g/mol. The maximum atomic E-state index is 12.9. The summed E-state index contributed by atoms with van der Waals surface area (Å²) in [5.41, 5.74) is 6.36. The summed E-state index contributed by atoms with van der Waals surface area (Å²) in [5, 5.41) is 3.15. The predicted molar refractivity (Wildman–Crippen MR) is 73.0 cm³/mol. The first-order valence-corrected chi connectivity index (χ1v) is 6.38. The number of nitrogen functional groups attached to an aromatic ring is 1. The molecule has 2 nitrogen and oxygen atoms in total. The van der Waals surface area contributed by atoms with Gasteiger partial charge < -0.3 is 11.1 Å². The molecule has 0 heterocycles. The molecule has 0 saturated carbocycles. The van der Waals surface area contributed by atoms with Gasteiger partial charge in [-0.05, 0) is 37.5 Å². The number of benzene rings is 1. The standard InChI is InChI=1S/C14H22F2N2/c1-4-9(2)7-10(3)18-13-6-5-11(17)8-12(13)14(15)16/h5-6,8-10,14,18H,4,7,17H2,1-3H3. The number of rotatable bonds is 6. The van der Waals surface area contributed by atoms with Crippen molar-refractivity contribution in [3.05, 3.63) is 23.8 Å². The quantitative estimate of drug-likeness (QED) is 0.738. The highest BCUT2D eigenvalue weighted by Gasteiger charge is 2.15. The van der Waals surface area contributed by atoms with Gasteiger partial charge in [0.05, 0.1) is 0 Å². The van der Waals surface area contributed by atoms with Crippen LogP contribution in [0.5, 0.6) is 0 Å². The summed E-state index contributed by atoms with van der Waals surface area (Å²) in [4.78, 5) is 0. The average molecular weight is 256 g/mol. The van der Waals surface area contributed by atoms with Gasteiger partial charge in [0.15, 0.2) is 0 Å². The van der Waals surface area contributed by atoms with Crippen LogP contribution in [0.15, 0.2) is 18.2 Å². The lowest BCUT2D eigenvalue weighted by Crippen LogP contribution is -2.19. The molecule has 0 saturated heterocycles. The Morgan fingerprint density at radius 1 is 1.28 bits per heavy atom. The van der Waals surface area contributed by atoms with Crippen molar-refractivity contribution in [3.63, 3.8) is 0 Å². The zero-order valence-corrected chi connectivity index (χ0v) is 11.2. The minimum atomic E-state index is -2.51. The number of nitrogens with one attached hydrogen (secondary N) is 1. The average Bonchev–Trinajstić information content (AvgIpc) is 2.30. The van der Waals surface area contributed by atoms with Gasteiger partial charge in [-0.25, -0.2) is 8.78 Å². The minimum Gasteiger partial charge on any atom is -0.399 e. The highest BCUT2D eigenvalue weighted by molar-refractivity contribution is 5.59. The Labute approximate surface area is 108 Å². The molecular formula is C14H22F2N2. The molecule has 0 radical (unpaired) electrons. The fraction of sp³-hybridized carbons (Fsp3) is 0.571. The first-order valence-electron chi connectivity index (χ1n) is 6.38. The molecule has 0 spiro atoms. The summed E-state index contributed by atoms with van der Waals surface area (Å²) < 4.78 is 25.8. The van der Waals surface area contributed by atoms with E-state index >= 15 is 0 Å². The van der Waals surface area contributed by atoms with Crippen LogP contribution < -0.4 is 11.1 Å². The van der Waals surface area contributed by atoms with E-state index in [0.717, 1.165) is 12.8 Å². The van der Waals surface area contributed by atoms with Crippen LogP contribution >= 0.6 is 0 Å². The molecule has 1 rings (SSSR count). The van der Waals surface area contributed by atoms with Crippen molar-refractivity contribution in [2.45, 2.75) is 46.1 Å². The second kappa shape index (κ2) is 6.57. The molecule has 1 aromatic rings. The van der Waals surface area contributed by atoms with E-state index in [4.69, 9.17) is 5.73 Å². The second-order valence-electron chi connectivity index (χ2n) is 4.94. The van der Waals surface area contributed by atoms with Crippen molar-refractivity contribution in [1.29, 1.82) is 0 Å². The SMILES string of the molecule is CCC(C)CC(C)Nc1ccc(N)cc1C(F)F. The van der Waals surface area contributed by atoms with Crippen molar-refractivity contribution in [2.24, 2.45) is 5.92 Å². The van der Waals surface area contributed by atoms with Gasteiger partial charge in [-0.15, -0.1) is 0 Å². The molecule has 102 valence electrons. The van der Waals surface area contributed by atoms with E-state index in [1.165, 1.54) is 6.07 Å². The molecule has 2 unspecified atom stereocenters. The lowest BCUT2D eigenvalue weighted by molar-refractivity contribution is 0.152. The number of anilines is 2. The van der Waals surface area contributed by atoms with Gasteiger partial charge in [-0.3, -0.25) is 0 Å². The van der Waals surface area contributed by atoms with E-state index in [1.807, 2.05) is 6.92 Å². The van der Waals surface area contributed by atoms with Crippen molar-refractivity contribution in [3.8, 4) is 0 Å². The van der Waals surface area contributed by atoms with Gasteiger partial charge in [0.1, 0.15) is 0 Å². The Hall–Kier alpha value is -1.32. The van der Waals surface area contributed by atoms with Crippen LogP contribution in [0.3, 0.4) is 0 Å². The summed E-state index contributed by atoms with van der Waals surface area (Å²) in [6.07, 6.45) is -0.453. The molecule has 0 fully saturated rings. The third-order valence-electron chi connectivity index (χ3n) is 3.17. The Bertz CT molecular complexity index is 380. The van der Waals surface area contributed by atoms with E-state index in [0.29, 0.717) is 17.3 Å². The maximum Gasteiger partial charge on any atom is 0.265 e. The first-order chi connectivity index (χ1) is 8.43. The van der Waals surface area contributed by atoms with Crippen LogP contribution in [0.25, 0.3) is 0 Å². The van der Waals surface area contributed by atoms with Crippen molar-refractivity contribution < 1.29 is 8.78 Å². The van der Waals surface area contributed by atoms with Gasteiger partial charge >= 0.3 is 0 Å². The molecule has 2 atom stereocenters. The van der Waals surface area contributed by atoms with Crippen LogP contribution in [0.2, 0.25) is 0 Å². The number of nitrogens with two attached hydrogens (primary N) is 1. The molecule has 0 aliphatic carbocycles. The second-order valence-corrected chi connectivity index (χ2v) is 4.94. The number of alkyl halides is 2. The van der Waals surface area contributed by atoms with Gasteiger partial charge in [-0.2, -0.15) is 0 Å². The Morgan fingerprint density at radius 3 is 2.50 bits per heavy atom. The van der Waals surface area contributed by atoms with Crippen LogP contribution in [-0.2, 0) is 0 Å². The first kappa shape index (κ1) is 14.7. The van der Waals surface area contributed by atoms with E-state index < -0.39 is 6.43 Å². The molecule has 3 N–H and O–H groups in total. The normalized spacial score (nSPS) is 14.6. The number of halogens is 2. The molecule has 0 aliphatic rings. The summed E-state index contributed by atoms with van der Waals surface area (Å²) in [6, 6.07) is 4.78. The van der Waals surface area contributed by atoms with Crippen molar-refractivity contribution in [1.82, 2.24) is 0 Å². The van der Waals surface area contributed by atoms with Crippen LogP contribution in [0.4, 0.5) is 20.2 Å². The zero-order chi connectivity index (χ0) is 13.7. The summed E-state index contributed by atoms with van der Waals surface area (Å²) in [7, 11) is 0. The smallest absolute Gasteiger partial charge is 0.265 e. The molecule has 0 aliphatic heterocycles. The third-order valence-corrected chi connectivity index (χ3v) is 3.17. The maximum absolute atomic E-state index is 12.9. The predicted octanol–water partition coefficient (Wildman–Crippen LogP) is 4.44. The molecule has 1 aromatic carbocycles. The lowest BCUT2D eigenvalue weighted by atomic mass is 10.00. The van der Waals surface area contributed by atoms with E-state index in [-0.39, 0.29) is 11.6 Å². The fourth-order valence-corrected chi connectivity index (χ4v) is 1.99. The van der Waals surface area contributed by atoms with Crippen molar-refractivity contribution >= 4 is 11.4 Å². The number of hydrogen-bond acceptors (Lipinski definition) is 2. The molecule has 4 heteroatoms. The van der Waals surface area contributed by atoms with Crippen LogP contribution in [0.1, 0.15) is 45.6 Å². The fourth-order valence-electron chi connectivity index (χ4n) is 1.99. The highest BCUT2D eigenvalue weighted by Crippen LogP contribution is 2.30. The topological polar surface area (TPSA) is 38.0 Å². The van der Waals surface area contributed by atoms with E-state index in [2.05, 4.69) is 19.2 Å².